The van der Waals surface area contributed by atoms with Crippen LogP contribution in [0, 0.1) is 6.92 Å². The Morgan fingerprint density at radius 1 is 1.50 bits per heavy atom. The maximum Gasteiger partial charge on any atom is 0.193 e. The molecule has 6 nitrogen and oxygen atoms in total. The molecule has 6 heteroatoms. The molecule has 0 amide bonds. The second kappa shape index (κ2) is 5.32. The van der Waals surface area contributed by atoms with Gasteiger partial charge < -0.3 is 11.1 Å². The second-order valence-electron chi connectivity index (χ2n) is 5.11. The van der Waals surface area contributed by atoms with Crippen LogP contribution in [0.4, 0.5) is 5.69 Å². The summed E-state index contributed by atoms with van der Waals surface area (Å²) < 4.78 is 0. The van der Waals surface area contributed by atoms with Gasteiger partial charge >= 0.3 is 0 Å². The highest BCUT2D eigenvalue weighted by molar-refractivity contribution is 5.92. The summed E-state index contributed by atoms with van der Waals surface area (Å²) in [5, 5.41) is 10.1. The molecule has 1 aromatic heterocycles. The summed E-state index contributed by atoms with van der Waals surface area (Å²) in [7, 11) is 0. The highest BCUT2D eigenvalue weighted by Crippen LogP contribution is 2.37. The number of aryl methyl sites for hydroxylation is 1. The first kappa shape index (κ1) is 12.7. The molecule has 0 unspecified atom stereocenters. The molecule has 0 saturated heterocycles. The van der Waals surface area contributed by atoms with Crippen molar-refractivity contribution in [3.05, 3.63) is 41.5 Å². The van der Waals surface area contributed by atoms with Gasteiger partial charge in [-0.25, -0.2) is 9.98 Å². The van der Waals surface area contributed by atoms with Gasteiger partial charge in [0, 0.05) is 11.6 Å². The molecule has 4 N–H and O–H groups in total. The number of aromatic nitrogens is 3. The topological polar surface area (TPSA) is 92.0 Å². The molecule has 0 atom stereocenters. The summed E-state index contributed by atoms with van der Waals surface area (Å²) in [5.41, 5.74) is 7.97. The van der Waals surface area contributed by atoms with Gasteiger partial charge in [-0.2, -0.15) is 5.10 Å². The number of aliphatic imine (C=N–C) groups is 1. The van der Waals surface area contributed by atoms with Crippen molar-refractivity contribution in [2.45, 2.75) is 32.2 Å². The third-order valence-electron chi connectivity index (χ3n) is 3.18. The molecule has 1 heterocycles. The lowest BCUT2D eigenvalue weighted by atomic mass is 10.2. The van der Waals surface area contributed by atoms with Crippen LogP contribution in [0.2, 0.25) is 0 Å². The van der Waals surface area contributed by atoms with Crippen LogP contribution in [0.25, 0.3) is 0 Å². The van der Waals surface area contributed by atoms with E-state index in [0.717, 1.165) is 17.3 Å². The summed E-state index contributed by atoms with van der Waals surface area (Å²) in [5.74, 6) is 2.58. The van der Waals surface area contributed by atoms with E-state index in [0.29, 0.717) is 18.4 Å². The number of rotatable bonds is 4. The van der Waals surface area contributed by atoms with Crippen LogP contribution in [-0.4, -0.2) is 21.1 Å². The molecule has 1 saturated carbocycles. The molecule has 1 aliphatic carbocycles. The third-order valence-corrected chi connectivity index (χ3v) is 3.18. The van der Waals surface area contributed by atoms with Crippen LogP contribution in [0.3, 0.4) is 0 Å². The van der Waals surface area contributed by atoms with Gasteiger partial charge in [-0.1, -0.05) is 12.1 Å². The van der Waals surface area contributed by atoms with E-state index in [1.54, 1.807) is 0 Å². The highest BCUT2D eigenvalue weighted by Gasteiger charge is 2.27. The minimum atomic E-state index is 0.375. The Labute approximate surface area is 117 Å². The van der Waals surface area contributed by atoms with E-state index in [1.165, 1.54) is 18.4 Å². The Morgan fingerprint density at radius 2 is 2.35 bits per heavy atom. The first-order valence-corrected chi connectivity index (χ1v) is 6.75. The summed E-state index contributed by atoms with van der Waals surface area (Å²) in [4.78, 5) is 8.67. The van der Waals surface area contributed by atoms with Gasteiger partial charge in [0.05, 0.1) is 0 Å². The average Bonchev–Trinajstić information content (AvgIpc) is 3.16. The standard InChI is InChI=1S/C14H18N6/c1-9-3-2-4-11(7-9)17-14(15)16-8-12-18-13(20-19-12)10-5-6-10/h2-4,7,10H,5-6,8H2,1H3,(H3,15,16,17)(H,18,19,20). The Balaban J connectivity index is 1.59. The number of hydrogen-bond acceptors (Lipinski definition) is 3. The van der Waals surface area contributed by atoms with E-state index in [9.17, 15) is 0 Å². The van der Waals surface area contributed by atoms with E-state index in [1.807, 2.05) is 31.2 Å². The molecular formula is C14H18N6. The number of nitrogens with zero attached hydrogens (tertiary/aromatic N) is 3. The third kappa shape index (κ3) is 3.14. The molecular weight excluding hydrogens is 252 g/mol. The number of aromatic amines is 1. The van der Waals surface area contributed by atoms with Gasteiger partial charge in [-0.3, -0.25) is 5.10 Å². The zero-order valence-electron chi connectivity index (χ0n) is 11.4. The van der Waals surface area contributed by atoms with Crippen LogP contribution >= 0.6 is 0 Å². The number of benzene rings is 1. The number of anilines is 1. The molecule has 0 spiro atoms. The fraction of sp³-hybridized carbons (Fsp3) is 0.357. The maximum atomic E-state index is 5.86. The molecule has 1 fully saturated rings. The quantitative estimate of drug-likeness (QED) is 0.584. The Hall–Kier alpha value is -2.37. The van der Waals surface area contributed by atoms with Crippen molar-refractivity contribution in [2.24, 2.45) is 10.7 Å². The van der Waals surface area contributed by atoms with Crippen LogP contribution in [-0.2, 0) is 6.54 Å². The van der Waals surface area contributed by atoms with Crippen LogP contribution in [0.1, 0.15) is 36.0 Å². The summed E-state index contributed by atoms with van der Waals surface area (Å²) >= 11 is 0. The Bertz CT molecular complexity index is 626. The number of hydrogen-bond donors (Lipinski definition) is 3. The van der Waals surface area contributed by atoms with Crippen molar-refractivity contribution < 1.29 is 0 Å². The molecule has 3 rings (SSSR count). The second-order valence-corrected chi connectivity index (χ2v) is 5.11. The Morgan fingerprint density at radius 3 is 3.10 bits per heavy atom. The monoisotopic (exact) mass is 270 g/mol. The minimum absolute atomic E-state index is 0.375. The van der Waals surface area contributed by atoms with Crippen LogP contribution in [0.5, 0.6) is 0 Å². The average molecular weight is 270 g/mol. The number of guanidine groups is 1. The summed E-state index contributed by atoms with van der Waals surface area (Å²) in [6.45, 7) is 2.44. The number of nitrogens with one attached hydrogen (secondary N) is 2. The van der Waals surface area contributed by atoms with Crippen molar-refractivity contribution in [3.8, 4) is 0 Å². The zero-order chi connectivity index (χ0) is 13.9. The highest BCUT2D eigenvalue weighted by atomic mass is 15.2. The zero-order valence-corrected chi connectivity index (χ0v) is 11.4. The first-order valence-electron chi connectivity index (χ1n) is 6.75. The first-order chi connectivity index (χ1) is 9.70. The van der Waals surface area contributed by atoms with Crippen molar-refractivity contribution in [2.75, 3.05) is 5.32 Å². The molecule has 0 radical (unpaired) electrons. The van der Waals surface area contributed by atoms with Crippen molar-refractivity contribution in [1.82, 2.24) is 15.2 Å². The lowest BCUT2D eigenvalue weighted by Crippen LogP contribution is -2.22. The molecule has 0 bridgehead atoms. The minimum Gasteiger partial charge on any atom is -0.370 e. The van der Waals surface area contributed by atoms with Gasteiger partial charge in [0.25, 0.3) is 0 Å². The normalized spacial score (nSPS) is 15.3. The number of nitrogens with two attached hydrogens (primary N) is 1. The van der Waals surface area contributed by atoms with E-state index in [4.69, 9.17) is 5.73 Å². The molecule has 104 valence electrons. The molecule has 1 aliphatic rings. The fourth-order valence-corrected chi connectivity index (χ4v) is 1.98. The van der Waals surface area contributed by atoms with Gasteiger partial charge in [0.2, 0.25) is 0 Å². The molecule has 0 aliphatic heterocycles. The van der Waals surface area contributed by atoms with Crippen LogP contribution in [0.15, 0.2) is 29.3 Å². The van der Waals surface area contributed by atoms with Crippen LogP contribution < -0.4 is 11.1 Å². The van der Waals surface area contributed by atoms with E-state index in [-0.39, 0.29) is 0 Å². The predicted molar refractivity (Wildman–Crippen MR) is 78.5 cm³/mol. The maximum absolute atomic E-state index is 5.86. The smallest absolute Gasteiger partial charge is 0.193 e. The van der Waals surface area contributed by atoms with Crippen molar-refractivity contribution >= 4 is 11.6 Å². The SMILES string of the molecule is Cc1cccc(NC(N)=NCc2nc(C3CC3)n[nH]2)c1. The number of H-pyrrole nitrogens is 1. The van der Waals surface area contributed by atoms with Gasteiger partial charge in [0.1, 0.15) is 12.4 Å². The molecule has 1 aromatic carbocycles. The van der Waals surface area contributed by atoms with Crippen molar-refractivity contribution in [1.29, 1.82) is 0 Å². The molecule has 2 aromatic rings. The lowest BCUT2D eigenvalue weighted by Gasteiger charge is -2.05. The van der Waals surface area contributed by atoms with Gasteiger partial charge in [-0.05, 0) is 37.5 Å². The van der Waals surface area contributed by atoms with Crippen molar-refractivity contribution in [3.63, 3.8) is 0 Å². The van der Waals surface area contributed by atoms with E-state index >= 15 is 0 Å². The lowest BCUT2D eigenvalue weighted by molar-refractivity contribution is 0.913. The Kier molecular flexibility index (Phi) is 3.37. The predicted octanol–water partition coefficient (Wildman–Crippen LogP) is 1.92. The summed E-state index contributed by atoms with van der Waals surface area (Å²) in [6, 6.07) is 7.98. The van der Waals surface area contributed by atoms with E-state index in [2.05, 4.69) is 25.5 Å². The molecule has 20 heavy (non-hydrogen) atoms. The summed E-state index contributed by atoms with van der Waals surface area (Å²) in [6.07, 6.45) is 2.38. The fourth-order valence-electron chi connectivity index (χ4n) is 1.98. The van der Waals surface area contributed by atoms with Gasteiger partial charge in [0.15, 0.2) is 11.8 Å². The largest absolute Gasteiger partial charge is 0.370 e. The van der Waals surface area contributed by atoms with E-state index < -0.39 is 0 Å². The van der Waals surface area contributed by atoms with Gasteiger partial charge in [-0.15, -0.1) is 0 Å².